The minimum absolute atomic E-state index is 0.128. The lowest BCUT2D eigenvalue weighted by atomic mass is 10.2. The van der Waals surface area contributed by atoms with Gasteiger partial charge in [-0.25, -0.2) is 9.97 Å². The molecule has 6 heteroatoms. The smallest absolute Gasteiger partial charge is 0.261 e. The van der Waals surface area contributed by atoms with Crippen molar-refractivity contribution in [3.63, 3.8) is 0 Å². The predicted octanol–water partition coefficient (Wildman–Crippen LogP) is 4.29. The van der Waals surface area contributed by atoms with Gasteiger partial charge in [0.25, 0.3) is 5.91 Å². The number of hydrogen-bond acceptors (Lipinski definition) is 5. The third kappa shape index (κ3) is 4.61. The van der Waals surface area contributed by atoms with E-state index >= 15 is 0 Å². The number of nitrogens with one attached hydrogen (secondary N) is 1. The number of carbonyl (C=O) groups excluding carboxylic acids is 1. The molecule has 1 N–H and O–H groups in total. The molecule has 0 unspecified atom stereocenters. The third-order valence-electron chi connectivity index (χ3n) is 3.95. The van der Waals surface area contributed by atoms with E-state index in [0.717, 1.165) is 17.1 Å². The summed E-state index contributed by atoms with van der Waals surface area (Å²) in [5, 5.41) is 3.11. The van der Waals surface area contributed by atoms with Gasteiger partial charge in [-0.3, -0.25) is 4.79 Å². The van der Waals surface area contributed by atoms with E-state index in [0.29, 0.717) is 24.7 Å². The van der Waals surface area contributed by atoms with Crippen LogP contribution in [-0.2, 0) is 0 Å². The van der Waals surface area contributed by atoms with Crippen LogP contribution in [0.15, 0.2) is 67.0 Å². The molecule has 0 aliphatic carbocycles. The van der Waals surface area contributed by atoms with Crippen molar-refractivity contribution in [1.82, 2.24) is 9.97 Å². The number of carbonyl (C=O) groups is 1. The van der Waals surface area contributed by atoms with Gasteiger partial charge in [0.1, 0.15) is 5.75 Å². The molecule has 0 spiro atoms. The lowest BCUT2D eigenvalue weighted by molar-refractivity contribution is 0.0987. The molecule has 2 aromatic carbocycles. The molecule has 1 amide bonds. The molecular weight excluding hydrogens is 340 g/mol. The van der Waals surface area contributed by atoms with Crippen LogP contribution in [0, 0.1) is 0 Å². The van der Waals surface area contributed by atoms with Crippen LogP contribution in [0.3, 0.4) is 0 Å². The fraction of sp³-hybridized carbons (Fsp3) is 0.190. The molecule has 0 atom stereocenters. The maximum Gasteiger partial charge on any atom is 0.261 e. The van der Waals surface area contributed by atoms with E-state index in [-0.39, 0.29) is 5.91 Å². The van der Waals surface area contributed by atoms with E-state index in [1.165, 1.54) is 12.4 Å². The van der Waals surface area contributed by atoms with Crippen molar-refractivity contribution in [3.8, 4) is 5.75 Å². The van der Waals surface area contributed by atoms with Gasteiger partial charge < -0.3 is 15.0 Å². The lowest BCUT2D eigenvalue weighted by Gasteiger charge is -2.20. The fourth-order valence-corrected chi connectivity index (χ4v) is 2.64. The van der Waals surface area contributed by atoms with Crippen molar-refractivity contribution < 1.29 is 9.53 Å². The van der Waals surface area contributed by atoms with E-state index in [2.05, 4.69) is 15.3 Å². The topological polar surface area (TPSA) is 67.3 Å². The summed E-state index contributed by atoms with van der Waals surface area (Å²) < 4.78 is 5.42. The molecule has 0 saturated carbocycles. The Hall–Kier alpha value is -3.41. The van der Waals surface area contributed by atoms with Crippen LogP contribution in [0.2, 0.25) is 0 Å². The van der Waals surface area contributed by atoms with Gasteiger partial charge in [0.05, 0.1) is 12.2 Å². The van der Waals surface area contributed by atoms with Gasteiger partial charge in [0.15, 0.2) is 0 Å². The summed E-state index contributed by atoms with van der Waals surface area (Å²) in [7, 11) is 0. The Labute approximate surface area is 158 Å². The van der Waals surface area contributed by atoms with E-state index in [1.807, 2.05) is 68.4 Å². The first-order valence-corrected chi connectivity index (χ1v) is 8.90. The molecule has 0 aliphatic heterocycles. The summed E-state index contributed by atoms with van der Waals surface area (Å²) in [6, 6.07) is 17.1. The van der Waals surface area contributed by atoms with E-state index in [1.54, 1.807) is 4.90 Å². The van der Waals surface area contributed by atoms with Crippen molar-refractivity contribution in [3.05, 3.63) is 72.6 Å². The van der Waals surface area contributed by atoms with Crippen molar-refractivity contribution in [2.75, 3.05) is 23.4 Å². The van der Waals surface area contributed by atoms with Gasteiger partial charge in [0, 0.05) is 30.3 Å². The first-order chi connectivity index (χ1) is 13.2. The lowest BCUT2D eigenvalue weighted by Crippen LogP contribution is -2.30. The van der Waals surface area contributed by atoms with Crippen molar-refractivity contribution in [2.24, 2.45) is 0 Å². The predicted molar refractivity (Wildman–Crippen MR) is 107 cm³/mol. The highest BCUT2D eigenvalue weighted by molar-refractivity contribution is 6.05. The van der Waals surface area contributed by atoms with Crippen LogP contribution in [0.4, 0.5) is 17.3 Å². The number of para-hydroxylation sites is 1. The maximum atomic E-state index is 12.8. The molecule has 0 saturated heterocycles. The second-order valence-electron chi connectivity index (χ2n) is 5.76. The van der Waals surface area contributed by atoms with E-state index in [9.17, 15) is 4.79 Å². The highest BCUT2D eigenvalue weighted by atomic mass is 16.5. The highest BCUT2D eigenvalue weighted by Gasteiger charge is 2.16. The molecule has 1 heterocycles. The summed E-state index contributed by atoms with van der Waals surface area (Å²) in [5.41, 5.74) is 2.14. The van der Waals surface area contributed by atoms with E-state index < -0.39 is 0 Å². The highest BCUT2D eigenvalue weighted by Crippen LogP contribution is 2.19. The van der Waals surface area contributed by atoms with Crippen LogP contribution >= 0.6 is 0 Å². The van der Waals surface area contributed by atoms with Gasteiger partial charge in [-0.05, 0) is 50.2 Å². The minimum atomic E-state index is -0.128. The van der Waals surface area contributed by atoms with E-state index in [4.69, 9.17) is 4.74 Å². The standard InChI is InChI=1S/C21H22N4O2/c1-3-25(18-8-6-5-7-9-18)20(26)16-14-22-21(23-15-16)24-17-10-12-19(13-11-17)27-4-2/h5-15H,3-4H2,1-2H3,(H,22,23,24). The Balaban J connectivity index is 1.70. The monoisotopic (exact) mass is 362 g/mol. The second kappa shape index (κ2) is 8.80. The summed E-state index contributed by atoms with van der Waals surface area (Å²) in [6.07, 6.45) is 3.08. The van der Waals surface area contributed by atoms with Crippen LogP contribution in [0.5, 0.6) is 5.75 Å². The molecule has 3 aromatic rings. The third-order valence-corrected chi connectivity index (χ3v) is 3.95. The molecule has 0 bridgehead atoms. The SMILES string of the molecule is CCOc1ccc(Nc2ncc(C(=O)N(CC)c3ccccc3)cn2)cc1. The van der Waals surface area contributed by atoms with Crippen LogP contribution in [0.1, 0.15) is 24.2 Å². The van der Waals surface area contributed by atoms with Crippen molar-refractivity contribution in [2.45, 2.75) is 13.8 Å². The maximum absolute atomic E-state index is 12.8. The average Bonchev–Trinajstić information content (AvgIpc) is 2.71. The number of ether oxygens (including phenoxy) is 1. The summed E-state index contributed by atoms with van der Waals surface area (Å²) >= 11 is 0. The van der Waals surface area contributed by atoms with Crippen LogP contribution in [-0.4, -0.2) is 29.0 Å². The minimum Gasteiger partial charge on any atom is -0.494 e. The van der Waals surface area contributed by atoms with Crippen molar-refractivity contribution >= 4 is 23.2 Å². The Bertz CT molecular complexity index is 865. The zero-order chi connectivity index (χ0) is 19.1. The summed E-state index contributed by atoms with van der Waals surface area (Å²) in [5.74, 6) is 1.11. The van der Waals surface area contributed by atoms with Crippen molar-refractivity contribution in [1.29, 1.82) is 0 Å². The van der Waals surface area contributed by atoms with Gasteiger partial charge in [-0.1, -0.05) is 18.2 Å². The molecule has 0 fully saturated rings. The summed E-state index contributed by atoms with van der Waals surface area (Å²) in [6.45, 7) is 5.08. The molecule has 3 rings (SSSR count). The Morgan fingerprint density at radius 1 is 1.00 bits per heavy atom. The largest absolute Gasteiger partial charge is 0.494 e. The molecule has 27 heavy (non-hydrogen) atoms. The first kappa shape index (κ1) is 18.4. The molecular formula is C21H22N4O2. The zero-order valence-electron chi connectivity index (χ0n) is 15.4. The Morgan fingerprint density at radius 2 is 1.67 bits per heavy atom. The number of anilines is 3. The molecule has 0 radical (unpaired) electrons. The van der Waals surface area contributed by atoms with Gasteiger partial charge >= 0.3 is 0 Å². The number of benzene rings is 2. The summed E-state index contributed by atoms with van der Waals surface area (Å²) in [4.78, 5) is 23.0. The normalized spacial score (nSPS) is 10.3. The molecule has 138 valence electrons. The van der Waals surface area contributed by atoms with Gasteiger partial charge in [-0.15, -0.1) is 0 Å². The number of rotatable bonds is 7. The molecule has 0 aliphatic rings. The fourth-order valence-electron chi connectivity index (χ4n) is 2.64. The first-order valence-electron chi connectivity index (χ1n) is 8.90. The second-order valence-corrected chi connectivity index (χ2v) is 5.76. The number of hydrogen-bond donors (Lipinski definition) is 1. The number of amides is 1. The number of nitrogens with zero attached hydrogens (tertiary/aromatic N) is 3. The Kier molecular flexibility index (Phi) is 5.99. The Morgan fingerprint density at radius 3 is 2.26 bits per heavy atom. The van der Waals surface area contributed by atoms with Gasteiger partial charge in [0.2, 0.25) is 5.95 Å². The average molecular weight is 362 g/mol. The molecule has 1 aromatic heterocycles. The van der Waals surface area contributed by atoms with Gasteiger partial charge in [-0.2, -0.15) is 0 Å². The zero-order valence-corrected chi connectivity index (χ0v) is 15.4. The van der Waals surface area contributed by atoms with Crippen LogP contribution in [0.25, 0.3) is 0 Å². The quantitative estimate of drug-likeness (QED) is 0.679. The molecule has 6 nitrogen and oxygen atoms in total. The van der Waals surface area contributed by atoms with Crippen LogP contribution < -0.4 is 15.0 Å². The number of aromatic nitrogens is 2.